The largest absolute Gasteiger partial charge is 0.334 e. The zero-order valence-electron chi connectivity index (χ0n) is 7.07. The Kier molecular flexibility index (Phi) is 2.65. The van der Waals surface area contributed by atoms with Crippen molar-refractivity contribution < 1.29 is 0 Å². The van der Waals surface area contributed by atoms with Crippen LogP contribution in [-0.4, -0.2) is 16.1 Å². The van der Waals surface area contributed by atoms with Crippen LogP contribution in [0.1, 0.15) is 19.9 Å². The second kappa shape index (κ2) is 3.53. The SMILES string of the molecule is CC(CN)C(C)n1ccnc1. The molecule has 1 rings (SSSR count). The van der Waals surface area contributed by atoms with E-state index in [0.717, 1.165) is 6.54 Å². The van der Waals surface area contributed by atoms with E-state index in [4.69, 9.17) is 5.73 Å². The standard InChI is InChI=1S/C8H15N3/c1-7(5-9)8(2)11-4-3-10-6-11/h3-4,6-8H,5,9H2,1-2H3. The van der Waals surface area contributed by atoms with Crippen molar-refractivity contribution in [3.63, 3.8) is 0 Å². The van der Waals surface area contributed by atoms with E-state index in [0.29, 0.717) is 12.0 Å². The van der Waals surface area contributed by atoms with Crippen LogP contribution in [0.4, 0.5) is 0 Å². The molecule has 3 nitrogen and oxygen atoms in total. The average molecular weight is 153 g/mol. The highest BCUT2D eigenvalue weighted by atomic mass is 15.0. The van der Waals surface area contributed by atoms with Crippen molar-refractivity contribution >= 4 is 0 Å². The molecule has 1 heterocycles. The molecule has 2 unspecified atom stereocenters. The van der Waals surface area contributed by atoms with Crippen LogP contribution in [0.3, 0.4) is 0 Å². The molecular formula is C8H15N3. The minimum Gasteiger partial charge on any atom is -0.334 e. The predicted octanol–water partition coefficient (Wildman–Crippen LogP) is 1.04. The second-order valence-corrected chi connectivity index (χ2v) is 2.96. The molecule has 0 saturated carbocycles. The lowest BCUT2D eigenvalue weighted by Crippen LogP contribution is -2.20. The van der Waals surface area contributed by atoms with E-state index in [-0.39, 0.29) is 0 Å². The van der Waals surface area contributed by atoms with Gasteiger partial charge in [0.2, 0.25) is 0 Å². The van der Waals surface area contributed by atoms with E-state index in [1.54, 1.807) is 6.20 Å². The summed E-state index contributed by atoms with van der Waals surface area (Å²) in [5.74, 6) is 0.504. The van der Waals surface area contributed by atoms with Crippen molar-refractivity contribution in [3.05, 3.63) is 18.7 Å². The molecule has 0 radical (unpaired) electrons. The van der Waals surface area contributed by atoms with Crippen LogP contribution < -0.4 is 5.73 Å². The Morgan fingerprint density at radius 3 is 2.73 bits per heavy atom. The zero-order valence-corrected chi connectivity index (χ0v) is 7.07. The average Bonchev–Trinajstić information content (AvgIpc) is 2.53. The Morgan fingerprint density at radius 2 is 2.27 bits per heavy atom. The summed E-state index contributed by atoms with van der Waals surface area (Å²) < 4.78 is 2.08. The number of hydrogen-bond acceptors (Lipinski definition) is 2. The third-order valence-corrected chi connectivity index (χ3v) is 2.19. The van der Waals surface area contributed by atoms with Gasteiger partial charge >= 0.3 is 0 Å². The fraction of sp³-hybridized carbons (Fsp3) is 0.625. The van der Waals surface area contributed by atoms with Crippen LogP contribution in [0.2, 0.25) is 0 Å². The summed E-state index contributed by atoms with van der Waals surface area (Å²) in [6.07, 6.45) is 5.59. The van der Waals surface area contributed by atoms with Crippen LogP contribution in [0.25, 0.3) is 0 Å². The summed E-state index contributed by atoms with van der Waals surface area (Å²) in [4.78, 5) is 3.98. The highest BCUT2D eigenvalue weighted by Crippen LogP contribution is 2.14. The lowest BCUT2D eigenvalue weighted by molar-refractivity contribution is 0.387. The first kappa shape index (κ1) is 8.27. The minimum atomic E-state index is 0.447. The molecule has 0 bridgehead atoms. The van der Waals surface area contributed by atoms with Crippen LogP contribution in [-0.2, 0) is 0 Å². The molecule has 0 aliphatic rings. The molecule has 11 heavy (non-hydrogen) atoms. The van der Waals surface area contributed by atoms with Crippen molar-refractivity contribution in [2.75, 3.05) is 6.54 Å². The van der Waals surface area contributed by atoms with Crippen LogP contribution in [0.15, 0.2) is 18.7 Å². The molecule has 3 heteroatoms. The van der Waals surface area contributed by atoms with E-state index in [2.05, 4.69) is 23.4 Å². The molecular weight excluding hydrogens is 138 g/mol. The van der Waals surface area contributed by atoms with E-state index >= 15 is 0 Å². The van der Waals surface area contributed by atoms with E-state index in [1.807, 2.05) is 12.5 Å². The smallest absolute Gasteiger partial charge is 0.0948 e. The minimum absolute atomic E-state index is 0.447. The summed E-state index contributed by atoms with van der Waals surface area (Å²) in [6, 6.07) is 0.447. The Labute approximate surface area is 67.2 Å². The molecule has 62 valence electrons. The molecule has 0 saturated heterocycles. The lowest BCUT2D eigenvalue weighted by atomic mass is 10.0. The van der Waals surface area contributed by atoms with Crippen molar-refractivity contribution in [2.24, 2.45) is 11.7 Å². The van der Waals surface area contributed by atoms with Gasteiger partial charge in [-0.25, -0.2) is 4.98 Å². The molecule has 1 aromatic rings. The van der Waals surface area contributed by atoms with Gasteiger partial charge < -0.3 is 10.3 Å². The molecule has 0 fully saturated rings. The predicted molar refractivity (Wildman–Crippen MR) is 45.2 cm³/mol. The highest BCUT2D eigenvalue weighted by molar-refractivity contribution is 4.80. The monoisotopic (exact) mass is 153 g/mol. The Hall–Kier alpha value is -0.830. The zero-order chi connectivity index (χ0) is 8.27. The first-order valence-electron chi connectivity index (χ1n) is 3.93. The molecule has 2 atom stereocenters. The maximum Gasteiger partial charge on any atom is 0.0948 e. The van der Waals surface area contributed by atoms with Crippen molar-refractivity contribution in [1.82, 2.24) is 9.55 Å². The maximum atomic E-state index is 5.55. The summed E-state index contributed by atoms with van der Waals surface area (Å²) in [5, 5.41) is 0. The number of rotatable bonds is 3. The van der Waals surface area contributed by atoms with Crippen LogP contribution in [0, 0.1) is 5.92 Å². The van der Waals surface area contributed by atoms with E-state index in [1.165, 1.54) is 0 Å². The van der Waals surface area contributed by atoms with Gasteiger partial charge in [0.05, 0.1) is 6.33 Å². The fourth-order valence-corrected chi connectivity index (χ4v) is 1.00. The molecule has 1 aromatic heterocycles. The summed E-state index contributed by atoms with van der Waals surface area (Å²) in [5.41, 5.74) is 5.55. The fourth-order valence-electron chi connectivity index (χ4n) is 1.00. The lowest BCUT2D eigenvalue weighted by Gasteiger charge is -2.18. The quantitative estimate of drug-likeness (QED) is 0.705. The normalized spacial score (nSPS) is 16.3. The highest BCUT2D eigenvalue weighted by Gasteiger charge is 2.10. The van der Waals surface area contributed by atoms with Crippen LogP contribution in [0.5, 0.6) is 0 Å². The summed E-state index contributed by atoms with van der Waals surface area (Å²) in [6.45, 7) is 5.02. The topological polar surface area (TPSA) is 43.8 Å². The Balaban J connectivity index is 2.62. The van der Waals surface area contributed by atoms with E-state index < -0.39 is 0 Å². The van der Waals surface area contributed by atoms with Crippen molar-refractivity contribution in [2.45, 2.75) is 19.9 Å². The molecule has 0 aliphatic carbocycles. The van der Waals surface area contributed by atoms with Gasteiger partial charge in [-0.3, -0.25) is 0 Å². The van der Waals surface area contributed by atoms with Crippen molar-refractivity contribution in [3.8, 4) is 0 Å². The third kappa shape index (κ3) is 1.80. The maximum absolute atomic E-state index is 5.55. The summed E-state index contributed by atoms with van der Waals surface area (Å²) >= 11 is 0. The molecule has 0 amide bonds. The number of hydrogen-bond donors (Lipinski definition) is 1. The third-order valence-electron chi connectivity index (χ3n) is 2.19. The second-order valence-electron chi connectivity index (χ2n) is 2.96. The molecule has 2 N–H and O–H groups in total. The molecule has 0 aromatic carbocycles. The first-order chi connectivity index (χ1) is 5.25. The number of imidazole rings is 1. The van der Waals surface area contributed by atoms with Gasteiger partial charge in [0.1, 0.15) is 0 Å². The number of nitrogens with two attached hydrogens (primary N) is 1. The Morgan fingerprint density at radius 1 is 1.55 bits per heavy atom. The van der Waals surface area contributed by atoms with Crippen molar-refractivity contribution in [1.29, 1.82) is 0 Å². The van der Waals surface area contributed by atoms with Gasteiger partial charge in [0.15, 0.2) is 0 Å². The van der Waals surface area contributed by atoms with Gasteiger partial charge in [-0.1, -0.05) is 6.92 Å². The van der Waals surface area contributed by atoms with Gasteiger partial charge in [0.25, 0.3) is 0 Å². The summed E-state index contributed by atoms with van der Waals surface area (Å²) in [7, 11) is 0. The van der Waals surface area contributed by atoms with Gasteiger partial charge in [-0.15, -0.1) is 0 Å². The molecule has 0 spiro atoms. The number of nitrogens with zero attached hydrogens (tertiary/aromatic N) is 2. The van der Waals surface area contributed by atoms with Crippen LogP contribution >= 0.6 is 0 Å². The van der Waals surface area contributed by atoms with Gasteiger partial charge in [-0.05, 0) is 19.4 Å². The number of aromatic nitrogens is 2. The first-order valence-corrected chi connectivity index (χ1v) is 3.93. The molecule has 0 aliphatic heterocycles. The van der Waals surface area contributed by atoms with Gasteiger partial charge in [-0.2, -0.15) is 0 Å². The van der Waals surface area contributed by atoms with E-state index in [9.17, 15) is 0 Å². The Bertz CT molecular complexity index is 193. The van der Waals surface area contributed by atoms with Gasteiger partial charge in [0, 0.05) is 18.4 Å².